The van der Waals surface area contributed by atoms with E-state index in [0.29, 0.717) is 13.1 Å². The maximum atomic E-state index is 11.8. The van der Waals surface area contributed by atoms with Crippen molar-refractivity contribution in [2.45, 2.75) is 26.2 Å². The molecule has 1 rings (SSSR count). The van der Waals surface area contributed by atoms with Crippen molar-refractivity contribution in [3.8, 4) is 0 Å². The van der Waals surface area contributed by atoms with Gasteiger partial charge in [0.15, 0.2) is 0 Å². The lowest BCUT2D eigenvalue weighted by Gasteiger charge is -2.18. The third kappa shape index (κ3) is 3.81. The number of amides is 1. The Labute approximate surface area is 95.1 Å². The minimum atomic E-state index is -0.866. The first-order valence-corrected chi connectivity index (χ1v) is 5.63. The maximum absolute atomic E-state index is 11.8. The Bertz CT molecular complexity index is 267. The van der Waals surface area contributed by atoms with Gasteiger partial charge in [-0.25, -0.2) is 0 Å². The standard InChI is InChI=1S/C11H19NO4/c1-8(5-11(15)16)4-10(14)12-3-2-9(6-12)7-13/h8-9,13H,2-7H2,1H3,(H,15,16). The Kier molecular flexibility index (Phi) is 4.73. The van der Waals surface area contributed by atoms with E-state index in [2.05, 4.69) is 0 Å². The number of aliphatic hydroxyl groups is 1. The molecule has 0 spiro atoms. The molecule has 0 aromatic carbocycles. The van der Waals surface area contributed by atoms with Gasteiger partial charge in [-0.3, -0.25) is 9.59 Å². The van der Waals surface area contributed by atoms with Crippen molar-refractivity contribution < 1.29 is 19.8 Å². The lowest BCUT2D eigenvalue weighted by Crippen LogP contribution is -2.30. The van der Waals surface area contributed by atoms with E-state index in [-0.39, 0.29) is 37.2 Å². The molecule has 2 N–H and O–H groups in total. The van der Waals surface area contributed by atoms with E-state index in [1.165, 1.54) is 0 Å². The number of carbonyl (C=O) groups is 2. The summed E-state index contributed by atoms with van der Waals surface area (Å²) >= 11 is 0. The van der Waals surface area contributed by atoms with E-state index in [9.17, 15) is 9.59 Å². The van der Waals surface area contributed by atoms with Gasteiger partial charge in [0.1, 0.15) is 0 Å². The third-order valence-corrected chi connectivity index (χ3v) is 2.94. The molecule has 1 amide bonds. The Morgan fingerprint density at radius 1 is 1.44 bits per heavy atom. The van der Waals surface area contributed by atoms with Crippen LogP contribution >= 0.6 is 0 Å². The minimum Gasteiger partial charge on any atom is -0.481 e. The van der Waals surface area contributed by atoms with Crippen LogP contribution in [0.1, 0.15) is 26.2 Å². The molecule has 0 radical (unpaired) electrons. The van der Waals surface area contributed by atoms with Gasteiger partial charge in [-0.05, 0) is 12.3 Å². The Morgan fingerprint density at radius 2 is 2.12 bits per heavy atom. The molecule has 0 aromatic rings. The number of likely N-dealkylation sites (tertiary alicyclic amines) is 1. The first-order valence-electron chi connectivity index (χ1n) is 5.63. The van der Waals surface area contributed by atoms with Crippen molar-refractivity contribution in [1.82, 2.24) is 4.90 Å². The van der Waals surface area contributed by atoms with Gasteiger partial charge in [0.05, 0.1) is 0 Å². The molecule has 92 valence electrons. The van der Waals surface area contributed by atoms with Gasteiger partial charge in [0.25, 0.3) is 0 Å². The highest BCUT2D eigenvalue weighted by molar-refractivity contribution is 5.77. The van der Waals surface area contributed by atoms with Crippen molar-refractivity contribution in [2.24, 2.45) is 11.8 Å². The number of rotatable bonds is 5. The molecule has 1 aliphatic heterocycles. The first kappa shape index (κ1) is 13.0. The van der Waals surface area contributed by atoms with E-state index in [1.807, 2.05) is 0 Å². The molecule has 1 heterocycles. The van der Waals surface area contributed by atoms with Gasteiger partial charge in [-0.2, -0.15) is 0 Å². The number of carboxylic acid groups (broad SMARTS) is 1. The topological polar surface area (TPSA) is 77.8 Å². The lowest BCUT2D eigenvalue weighted by molar-refractivity contribution is -0.138. The lowest BCUT2D eigenvalue weighted by atomic mass is 10.0. The zero-order chi connectivity index (χ0) is 12.1. The zero-order valence-electron chi connectivity index (χ0n) is 9.56. The number of nitrogens with zero attached hydrogens (tertiary/aromatic N) is 1. The number of aliphatic hydroxyl groups excluding tert-OH is 1. The summed E-state index contributed by atoms with van der Waals surface area (Å²) in [7, 11) is 0. The van der Waals surface area contributed by atoms with Gasteiger partial charge in [0, 0.05) is 38.5 Å². The van der Waals surface area contributed by atoms with Gasteiger partial charge >= 0.3 is 5.97 Å². The molecule has 0 aliphatic carbocycles. The fraction of sp³-hybridized carbons (Fsp3) is 0.818. The summed E-state index contributed by atoms with van der Waals surface area (Å²) in [4.78, 5) is 23.9. The minimum absolute atomic E-state index is 0.00435. The van der Waals surface area contributed by atoms with E-state index in [1.54, 1.807) is 11.8 Å². The molecule has 2 atom stereocenters. The molecule has 0 aromatic heterocycles. The van der Waals surface area contributed by atoms with Crippen LogP contribution in [-0.2, 0) is 9.59 Å². The van der Waals surface area contributed by atoms with Crippen LogP contribution in [0.5, 0.6) is 0 Å². The normalized spacial score (nSPS) is 22.1. The van der Waals surface area contributed by atoms with E-state index < -0.39 is 5.97 Å². The molecular formula is C11H19NO4. The quantitative estimate of drug-likeness (QED) is 0.712. The molecule has 5 nitrogen and oxygen atoms in total. The first-order chi connectivity index (χ1) is 7.52. The van der Waals surface area contributed by atoms with E-state index in [0.717, 1.165) is 6.42 Å². The fourth-order valence-electron chi connectivity index (χ4n) is 2.01. The van der Waals surface area contributed by atoms with Crippen molar-refractivity contribution >= 4 is 11.9 Å². The van der Waals surface area contributed by atoms with Gasteiger partial charge < -0.3 is 15.1 Å². The number of carbonyl (C=O) groups excluding carboxylic acids is 1. The average molecular weight is 229 g/mol. The highest BCUT2D eigenvalue weighted by Crippen LogP contribution is 2.18. The molecule has 16 heavy (non-hydrogen) atoms. The highest BCUT2D eigenvalue weighted by atomic mass is 16.4. The van der Waals surface area contributed by atoms with Crippen molar-refractivity contribution in [3.63, 3.8) is 0 Å². The predicted octanol–water partition coefficient (Wildman–Crippen LogP) is 0.328. The third-order valence-electron chi connectivity index (χ3n) is 2.94. The zero-order valence-corrected chi connectivity index (χ0v) is 9.56. The van der Waals surface area contributed by atoms with Gasteiger partial charge in [0.2, 0.25) is 5.91 Å². The monoisotopic (exact) mass is 229 g/mol. The smallest absolute Gasteiger partial charge is 0.303 e. The molecule has 1 fully saturated rings. The second kappa shape index (κ2) is 5.84. The van der Waals surface area contributed by atoms with E-state index in [4.69, 9.17) is 10.2 Å². The number of aliphatic carboxylic acids is 1. The molecule has 5 heteroatoms. The summed E-state index contributed by atoms with van der Waals surface area (Å²) in [5, 5.41) is 17.5. The van der Waals surface area contributed by atoms with Crippen LogP contribution in [0.15, 0.2) is 0 Å². The summed E-state index contributed by atoms with van der Waals surface area (Å²) in [6.07, 6.45) is 1.16. The van der Waals surface area contributed by atoms with Crippen LogP contribution in [0.4, 0.5) is 0 Å². The molecular weight excluding hydrogens is 210 g/mol. The average Bonchev–Trinajstić information content (AvgIpc) is 2.64. The second-order valence-electron chi connectivity index (χ2n) is 4.58. The second-order valence-corrected chi connectivity index (χ2v) is 4.58. The number of hydrogen-bond donors (Lipinski definition) is 2. The van der Waals surface area contributed by atoms with Crippen LogP contribution in [0.3, 0.4) is 0 Å². The van der Waals surface area contributed by atoms with Crippen molar-refractivity contribution in [2.75, 3.05) is 19.7 Å². The molecule has 1 saturated heterocycles. The van der Waals surface area contributed by atoms with Crippen molar-refractivity contribution in [3.05, 3.63) is 0 Å². The molecule has 2 unspecified atom stereocenters. The Hall–Kier alpha value is -1.10. The summed E-state index contributed by atoms with van der Waals surface area (Å²) < 4.78 is 0. The van der Waals surface area contributed by atoms with Crippen LogP contribution in [0.25, 0.3) is 0 Å². The predicted molar refractivity (Wildman–Crippen MR) is 57.8 cm³/mol. The van der Waals surface area contributed by atoms with Crippen LogP contribution < -0.4 is 0 Å². The Morgan fingerprint density at radius 3 is 2.62 bits per heavy atom. The van der Waals surface area contributed by atoms with Crippen LogP contribution in [0.2, 0.25) is 0 Å². The maximum Gasteiger partial charge on any atom is 0.303 e. The summed E-state index contributed by atoms with van der Waals surface area (Å²) in [5.41, 5.74) is 0. The van der Waals surface area contributed by atoms with Crippen LogP contribution in [0, 0.1) is 11.8 Å². The number of hydrogen-bond acceptors (Lipinski definition) is 3. The number of carboxylic acids is 1. The molecule has 0 bridgehead atoms. The van der Waals surface area contributed by atoms with Crippen LogP contribution in [-0.4, -0.2) is 46.7 Å². The van der Waals surface area contributed by atoms with Gasteiger partial charge in [-0.15, -0.1) is 0 Å². The summed E-state index contributed by atoms with van der Waals surface area (Å²) in [6.45, 7) is 3.18. The van der Waals surface area contributed by atoms with Crippen molar-refractivity contribution in [1.29, 1.82) is 0 Å². The summed E-state index contributed by atoms with van der Waals surface area (Å²) in [5.74, 6) is -0.795. The largest absolute Gasteiger partial charge is 0.481 e. The highest BCUT2D eigenvalue weighted by Gasteiger charge is 2.26. The van der Waals surface area contributed by atoms with E-state index >= 15 is 0 Å². The molecule has 1 aliphatic rings. The summed E-state index contributed by atoms with van der Waals surface area (Å²) in [6, 6.07) is 0. The van der Waals surface area contributed by atoms with Gasteiger partial charge in [-0.1, -0.05) is 6.92 Å². The SMILES string of the molecule is CC(CC(=O)O)CC(=O)N1CCC(CO)C1. The fourth-order valence-corrected chi connectivity index (χ4v) is 2.01. The molecule has 0 saturated carbocycles. The Balaban J connectivity index is 2.33.